The van der Waals surface area contributed by atoms with Crippen molar-refractivity contribution in [3.8, 4) is 0 Å². The average Bonchev–Trinajstić information content (AvgIpc) is 2.57. The zero-order valence-electron chi connectivity index (χ0n) is 7.31. The van der Waals surface area contributed by atoms with Crippen molar-refractivity contribution in [2.45, 2.75) is 18.7 Å². The van der Waals surface area contributed by atoms with Crippen LogP contribution in [0, 0.1) is 0 Å². The minimum Gasteiger partial charge on any atom is -0.329 e. The fourth-order valence-corrected chi connectivity index (χ4v) is 1.68. The molecule has 1 heterocycles. The maximum absolute atomic E-state index is 5.49. The van der Waals surface area contributed by atoms with E-state index in [1.807, 2.05) is 28.7 Å². The van der Waals surface area contributed by atoms with Gasteiger partial charge in [0.2, 0.25) is 0 Å². The van der Waals surface area contributed by atoms with Gasteiger partial charge in [0.1, 0.15) is 0 Å². The Morgan fingerprint density at radius 1 is 1.67 bits per heavy atom. The highest BCUT2D eigenvalue weighted by Crippen LogP contribution is 2.08. The van der Waals surface area contributed by atoms with Crippen LogP contribution in [0.25, 0.3) is 0 Å². The van der Waals surface area contributed by atoms with Crippen LogP contribution in [0.2, 0.25) is 0 Å². The molecule has 1 aromatic heterocycles. The van der Waals surface area contributed by atoms with Crippen molar-refractivity contribution < 1.29 is 0 Å². The number of hydrogen-bond donors (Lipinski definition) is 1. The first-order valence-electron chi connectivity index (χ1n) is 4.12. The van der Waals surface area contributed by atoms with Gasteiger partial charge in [0.05, 0.1) is 0 Å². The number of thioether (sulfide) groups is 1. The van der Waals surface area contributed by atoms with Gasteiger partial charge < -0.3 is 5.73 Å². The van der Waals surface area contributed by atoms with Crippen molar-refractivity contribution in [2.24, 2.45) is 5.73 Å². The second-order valence-electron chi connectivity index (χ2n) is 2.69. The van der Waals surface area contributed by atoms with Crippen LogP contribution in [0.5, 0.6) is 0 Å². The maximum atomic E-state index is 5.49. The molecule has 0 radical (unpaired) electrons. The molecule has 0 aliphatic carbocycles. The molecule has 0 saturated carbocycles. The molecule has 1 unspecified atom stereocenters. The van der Waals surface area contributed by atoms with Crippen LogP contribution in [-0.4, -0.2) is 27.3 Å². The lowest BCUT2D eigenvalue weighted by molar-refractivity contribution is 0.665. The molecule has 0 bridgehead atoms. The Balaban J connectivity index is 2.11. The van der Waals surface area contributed by atoms with Crippen LogP contribution in [0.15, 0.2) is 18.5 Å². The number of aryl methyl sites for hydroxylation is 1. The summed E-state index contributed by atoms with van der Waals surface area (Å²) >= 11 is 1.89. The first kappa shape index (κ1) is 9.61. The molecule has 1 aromatic rings. The summed E-state index contributed by atoms with van der Waals surface area (Å²) in [6, 6.07) is 1.94. The summed E-state index contributed by atoms with van der Waals surface area (Å²) in [5.74, 6) is 1.08. The molecule has 12 heavy (non-hydrogen) atoms. The Labute approximate surface area is 77.3 Å². The van der Waals surface area contributed by atoms with Crippen LogP contribution >= 0.6 is 11.8 Å². The van der Waals surface area contributed by atoms with Gasteiger partial charge in [0.25, 0.3) is 0 Å². The van der Waals surface area contributed by atoms with E-state index in [4.69, 9.17) is 5.73 Å². The Kier molecular flexibility index (Phi) is 4.18. The largest absolute Gasteiger partial charge is 0.329 e. The molecule has 0 amide bonds. The normalized spacial score (nSPS) is 13.2. The zero-order valence-corrected chi connectivity index (χ0v) is 8.13. The third-order valence-corrected chi connectivity index (χ3v) is 2.79. The van der Waals surface area contributed by atoms with Gasteiger partial charge in [-0.25, -0.2) is 0 Å². The van der Waals surface area contributed by atoms with Gasteiger partial charge in [-0.2, -0.15) is 16.9 Å². The Bertz CT molecular complexity index is 198. The summed E-state index contributed by atoms with van der Waals surface area (Å²) < 4.78 is 1.94. The van der Waals surface area contributed by atoms with Crippen molar-refractivity contribution in [1.82, 2.24) is 9.78 Å². The number of rotatable bonds is 5. The molecule has 0 spiro atoms. The number of nitrogens with two attached hydrogens (primary N) is 1. The minimum absolute atomic E-state index is 0.556. The van der Waals surface area contributed by atoms with E-state index >= 15 is 0 Å². The van der Waals surface area contributed by atoms with Crippen LogP contribution in [-0.2, 0) is 6.54 Å². The van der Waals surface area contributed by atoms with E-state index in [2.05, 4.69) is 12.0 Å². The fourth-order valence-electron chi connectivity index (χ4n) is 0.848. The highest BCUT2D eigenvalue weighted by atomic mass is 32.2. The summed E-state index contributed by atoms with van der Waals surface area (Å²) in [6.45, 7) is 3.87. The molecule has 0 aliphatic heterocycles. The fraction of sp³-hybridized carbons (Fsp3) is 0.625. The second kappa shape index (κ2) is 5.22. The van der Waals surface area contributed by atoms with Gasteiger partial charge in [0, 0.05) is 36.5 Å². The standard InChI is InChI=1S/C8H15N3S/c1-8(7-9)12-6-5-11-4-2-3-10-11/h2-4,8H,5-7,9H2,1H3. The lowest BCUT2D eigenvalue weighted by Gasteiger charge is -2.07. The molecular weight excluding hydrogens is 170 g/mol. The van der Waals surface area contributed by atoms with Crippen molar-refractivity contribution in [3.63, 3.8) is 0 Å². The zero-order chi connectivity index (χ0) is 8.81. The van der Waals surface area contributed by atoms with E-state index in [1.54, 1.807) is 6.20 Å². The molecule has 68 valence electrons. The van der Waals surface area contributed by atoms with Crippen molar-refractivity contribution in [3.05, 3.63) is 18.5 Å². The first-order valence-corrected chi connectivity index (χ1v) is 5.17. The summed E-state index contributed by atoms with van der Waals surface area (Å²) in [5, 5.41) is 4.67. The number of nitrogens with zero attached hydrogens (tertiary/aromatic N) is 2. The summed E-state index contributed by atoms with van der Waals surface area (Å²) in [7, 11) is 0. The highest BCUT2D eigenvalue weighted by molar-refractivity contribution is 7.99. The van der Waals surface area contributed by atoms with E-state index in [-0.39, 0.29) is 0 Å². The van der Waals surface area contributed by atoms with Crippen LogP contribution < -0.4 is 5.73 Å². The van der Waals surface area contributed by atoms with Crippen molar-refractivity contribution >= 4 is 11.8 Å². The molecule has 4 heteroatoms. The third-order valence-electron chi connectivity index (χ3n) is 1.61. The van der Waals surface area contributed by atoms with Crippen LogP contribution in [0.1, 0.15) is 6.92 Å². The molecule has 0 aromatic carbocycles. The van der Waals surface area contributed by atoms with Gasteiger partial charge >= 0.3 is 0 Å². The molecule has 2 N–H and O–H groups in total. The van der Waals surface area contributed by atoms with Crippen LogP contribution in [0.4, 0.5) is 0 Å². The second-order valence-corrected chi connectivity index (χ2v) is 4.23. The van der Waals surface area contributed by atoms with Crippen molar-refractivity contribution in [2.75, 3.05) is 12.3 Å². The van der Waals surface area contributed by atoms with E-state index in [1.165, 1.54) is 0 Å². The van der Waals surface area contributed by atoms with E-state index < -0.39 is 0 Å². The molecular formula is C8H15N3S. The summed E-state index contributed by atoms with van der Waals surface area (Å²) in [4.78, 5) is 0. The van der Waals surface area contributed by atoms with E-state index in [0.717, 1.165) is 18.8 Å². The van der Waals surface area contributed by atoms with E-state index in [0.29, 0.717) is 5.25 Å². The molecule has 0 saturated heterocycles. The Morgan fingerprint density at radius 3 is 3.08 bits per heavy atom. The molecule has 3 nitrogen and oxygen atoms in total. The SMILES string of the molecule is CC(CN)SCCn1cccn1. The number of hydrogen-bond acceptors (Lipinski definition) is 3. The topological polar surface area (TPSA) is 43.8 Å². The predicted octanol–water partition coefficient (Wildman–Crippen LogP) is 0.963. The van der Waals surface area contributed by atoms with Gasteiger partial charge in [-0.1, -0.05) is 6.92 Å². The quantitative estimate of drug-likeness (QED) is 0.743. The van der Waals surface area contributed by atoms with Gasteiger partial charge in [-0.15, -0.1) is 0 Å². The summed E-state index contributed by atoms with van der Waals surface area (Å²) in [6.07, 6.45) is 3.78. The summed E-state index contributed by atoms with van der Waals surface area (Å²) in [5.41, 5.74) is 5.49. The maximum Gasteiger partial charge on any atom is 0.0499 e. The smallest absolute Gasteiger partial charge is 0.0499 e. The lowest BCUT2D eigenvalue weighted by atomic mass is 10.5. The predicted molar refractivity (Wildman–Crippen MR) is 53.2 cm³/mol. The monoisotopic (exact) mass is 185 g/mol. The van der Waals surface area contributed by atoms with Crippen molar-refractivity contribution in [1.29, 1.82) is 0 Å². The Hall–Kier alpha value is -0.480. The first-order chi connectivity index (χ1) is 5.83. The average molecular weight is 185 g/mol. The molecule has 0 fully saturated rings. The highest BCUT2D eigenvalue weighted by Gasteiger charge is 1.98. The molecule has 0 aliphatic rings. The van der Waals surface area contributed by atoms with Crippen LogP contribution in [0.3, 0.4) is 0 Å². The molecule has 1 atom stereocenters. The minimum atomic E-state index is 0.556. The van der Waals surface area contributed by atoms with Gasteiger partial charge in [-0.05, 0) is 6.07 Å². The third kappa shape index (κ3) is 3.28. The molecule has 1 rings (SSSR count). The van der Waals surface area contributed by atoms with Gasteiger partial charge in [-0.3, -0.25) is 4.68 Å². The Morgan fingerprint density at radius 2 is 2.50 bits per heavy atom. The lowest BCUT2D eigenvalue weighted by Crippen LogP contribution is -2.14. The number of aromatic nitrogens is 2. The van der Waals surface area contributed by atoms with E-state index in [9.17, 15) is 0 Å². The van der Waals surface area contributed by atoms with Gasteiger partial charge in [0.15, 0.2) is 0 Å².